The molecule has 0 aliphatic carbocycles. The van der Waals surface area contributed by atoms with E-state index in [2.05, 4.69) is 9.36 Å². The van der Waals surface area contributed by atoms with Crippen molar-refractivity contribution in [3.8, 4) is 0 Å². The number of hydrogen-bond donors (Lipinski definition) is 1. The molecule has 1 aromatic heterocycles. The smallest absolute Gasteiger partial charge is 0.325 e. The van der Waals surface area contributed by atoms with Crippen LogP contribution >= 0.6 is 23.3 Å². The van der Waals surface area contributed by atoms with Crippen molar-refractivity contribution >= 4 is 29.3 Å². The maximum atomic E-state index is 11.5. The molecule has 2 N–H and O–H groups in total. The van der Waals surface area contributed by atoms with Gasteiger partial charge in [0.05, 0.1) is 6.61 Å². The summed E-state index contributed by atoms with van der Waals surface area (Å²) in [6, 6.07) is 0. The lowest BCUT2D eigenvalue weighted by molar-refractivity contribution is -0.149. The molecule has 0 aromatic carbocycles. The van der Waals surface area contributed by atoms with Crippen LogP contribution in [0.1, 0.15) is 33.1 Å². The highest BCUT2D eigenvalue weighted by molar-refractivity contribution is 8.00. The Labute approximate surface area is 116 Å². The first-order chi connectivity index (χ1) is 8.56. The third kappa shape index (κ3) is 5.32. The van der Waals surface area contributed by atoms with Crippen LogP contribution < -0.4 is 5.73 Å². The van der Waals surface area contributed by atoms with Crippen molar-refractivity contribution in [2.45, 2.75) is 43.0 Å². The van der Waals surface area contributed by atoms with Gasteiger partial charge in [-0.1, -0.05) is 18.2 Å². The zero-order valence-electron chi connectivity index (χ0n) is 10.7. The van der Waals surface area contributed by atoms with Gasteiger partial charge in [-0.3, -0.25) is 4.79 Å². The SMILES string of the molecule is CCOC(=O)C(C)(N)CCCCSc1ncns1. The first-order valence-corrected chi connectivity index (χ1v) is 7.67. The zero-order chi connectivity index (χ0) is 13.4. The molecule has 0 saturated carbocycles. The number of nitrogens with two attached hydrogens (primary N) is 1. The van der Waals surface area contributed by atoms with Crippen LogP contribution in [0.2, 0.25) is 0 Å². The molecule has 0 saturated heterocycles. The molecule has 5 nitrogen and oxygen atoms in total. The number of carbonyl (C=O) groups excluding carboxylic acids is 1. The Hall–Kier alpha value is -0.660. The predicted octanol–water partition coefficient (Wildman–Crippen LogP) is 2.08. The van der Waals surface area contributed by atoms with Crippen LogP contribution in [-0.4, -0.2) is 33.2 Å². The van der Waals surface area contributed by atoms with Crippen molar-refractivity contribution in [3.05, 3.63) is 6.33 Å². The lowest BCUT2D eigenvalue weighted by Gasteiger charge is -2.21. The first-order valence-electron chi connectivity index (χ1n) is 5.92. The van der Waals surface area contributed by atoms with E-state index in [1.54, 1.807) is 31.9 Å². The minimum Gasteiger partial charge on any atom is -0.465 e. The summed E-state index contributed by atoms with van der Waals surface area (Å²) in [5, 5.41) is 0. The van der Waals surface area contributed by atoms with E-state index < -0.39 is 5.54 Å². The van der Waals surface area contributed by atoms with Crippen LogP contribution in [0.15, 0.2) is 10.7 Å². The average molecular weight is 289 g/mol. The molecule has 1 aromatic rings. The zero-order valence-corrected chi connectivity index (χ0v) is 12.4. The normalized spacial score (nSPS) is 14.2. The molecule has 0 amide bonds. The highest BCUT2D eigenvalue weighted by atomic mass is 32.2. The maximum Gasteiger partial charge on any atom is 0.325 e. The van der Waals surface area contributed by atoms with Crippen LogP contribution in [0.3, 0.4) is 0 Å². The number of esters is 1. The van der Waals surface area contributed by atoms with Crippen molar-refractivity contribution in [2.75, 3.05) is 12.4 Å². The van der Waals surface area contributed by atoms with Crippen LogP contribution in [0.5, 0.6) is 0 Å². The Morgan fingerprint density at radius 1 is 1.61 bits per heavy atom. The maximum absolute atomic E-state index is 11.5. The van der Waals surface area contributed by atoms with E-state index in [9.17, 15) is 4.79 Å². The summed E-state index contributed by atoms with van der Waals surface area (Å²) in [5.41, 5.74) is 5.05. The van der Waals surface area contributed by atoms with Crippen LogP contribution in [0.25, 0.3) is 0 Å². The van der Waals surface area contributed by atoms with Crippen molar-refractivity contribution in [1.82, 2.24) is 9.36 Å². The third-order valence-electron chi connectivity index (χ3n) is 2.40. The average Bonchev–Trinajstić information content (AvgIpc) is 2.82. The highest BCUT2D eigenvalue weighted by Gasteiger charge is 2.28. The highest BCUT2D eigenvalue weighted by Crippen LogP contribution is 2.21. The number of thioether (sulfide) groups is 1. The van der Waals surface area contributed by atoms with E-state index in [0.717, 1.165) is 22.9 Å². The van der Waals surface area contributed by atoms with Gasteiger partial charge in [-0.2, -0.15) is 4.37 Å². The van der Waals surface area contributed by atoms with Gasteiger partial charge in [0, 0.05) is 5.75 Å². The number of unbranched alkanes of at least 4 members (excludes halogenated alkanes) is 1. The molecule has 0 radical (unpaired) electrons. The van der Waals surface area contributed by atoms with Crippen LogP contribution in [0.4, 0.5) is 0 Å². The molecule has 0 aliphatic heterocycles. The fourth-order valence-corrected chi connectivity index (χ4v) is 2.89. The Morgan fingerprint density at radius 3 is 3.00 bits per heavy atom. The van der Waals surface area contributed by atoms with Crippen LogP contribution in [0, 0.1) is 0 Å². The van der Waals surface area contributed by atoms with E-state index in [0.29, 0.717) is 13.0 Å². The van der Waals surface area contributed by atoms with Gasteiger partial charge in [-0.05, 0) is 38.2 Å². The van der Waals surface area contributed by atoms with E-state index in [1.165, 1.54) is 11.5 Å². The topological polar surface area (TPSA) is 78.1 Å². The standard InChI is InChI=1S/C11H19N3O2S2/c1-3-16-9(15)11(2,12)6-4-5-7-17-10-13-8-14-18-10/h8H,3-7,12H2,1-2H3. The van der Waals surface area contributed by atoms with Crippen molar-refractivity contribution in [1.29, 1.82) is 0 Å². The third-order valence-corrected chi connectivity index (χ3v) is 4.28. The number of nitrogens with zero attached hydrogens (tertiary/aromatic N) is 2. The molecule has 1 heterocycles. The van der Waals surface area contributed by atoms with Gasteiger partial charge in [-0.15, -0.1) is 0 Å². The number of rotatable bonds is 8. The summed E-state index contributed by atoms with van der Waals surface area (Å²) in [5.74, 6) is 0.649. The summed E-state index contributed by atoms with van der Waals surface area (Å²) >= 11 is 3.09. The molecule has 0 aliphatic rings. The molecule has 0 spiro atoms. The van der Waals surface area contributed by atoms with Crippen LogP contribution in [-0.2, 0) is 9.53 Å². The van der Waals surface area contributed by atoms with E-state index in [4.69, 9.17) is 10.5 Å². The number of hydrogen-bond acceptors (Lipinski definition) is 7. The molecular formula is C11H19N3O2S2. The van der Waals surface area contributed by atoms with Gasteiger partial charge in [0.2, 0.25) is 0 Å². The number of aromatic nitrogens is 2. The summed E-state index contributed by atoms with van der Waals surface area (Å²) in [6.45, 7) is 3.88. The lowest BCUT2D eigenvalue weighted by Crippen LogP contribution is -2.46. The Bertz CT molecular complexity index is 355. The Kier molecular flexibility index (Phi) is 6.59. The molecule has 7 heteroatoms. The molecule has 18 heavy (non-hydrogen) atoms. The molecule has 102 valence electrons. The molecular weight excluding hydrogens is 270 g/mol. The lowest BCUT2D eigenvalue weighted by atomic mass is 9.96. The largest absolute Gasteiger partial charge is 0.465 e. The Morgan fingerprint density at radius 2 is 2.39 bits per heavy atom. The fourth-order valence-electron chi connectivity index (χ4n) is 1.38. The Balaban J connectivity index is 2.14. The van der Waals surface area contributed by atoms with Gasteiger partial charge < -0.3 is 10.5 Å². The fraction of sp³-hybridized carbons (Fsp3) is 0.727. The minimum atomic E-state index is -0.872. The van der Waals surface area contributed by atoms with Gasteiger partial charge >= 0.3 is 5.97 Å². The molecule has 1 rings (SSSR count). The molecule has 0 fully saturated rings. The van der Waals surface area contributed by atoms with Crippen molar-refractivity contribution in [3.63, 3.8) is 0 Å². The second kappa shape index (κ2) is 7.70. The molecule has 1 atom stereocenters. The quantitative estimate of drug-likeness (QED) is 0.448. The summed E-state index contributed by atoms with van der Waals surface area (Å²) in [4.78, 5) is 15.6. The van der Waals surface area contributed by atoms with E-state index in [-0.39, 0.29) is 5.97 Å². The molecule has 1 unspecified atom stereocenters. The van der Waals surface area contributed by atoms with Gasteiger partial charge in [0.25, 0.3) is 0 Å². The van der Waals surface area contributed by atoms with Gasteiger partial charge in [0.1, 0.15) is 11.9 Å². The monoisotopic (exact) mass is 289 g/mol. The van der Waals surface area contributed by atoms with Crippen molar-refractivity contribution < 1.29 is 9.53 Å². The number of ether oxygens (including phenoxy) is 1. The minimum absolute atomic E-state index is 0.318. The van der Waals surface area contributed by atoms with E-state index >= 15 is 0 Å². The second-order valence-corrected chi connectivity index (χ2v) is 6.27. The first kappa shape index (κ1) is 15.4. The predicted molar refractivity (Wildman–Crippen MR) is 73.7 cm³/mol. The summed E-state index contributed by atoms with van der Waals surface area (Å²) in [6.07, 6.45) is 4.10. The number of carbonyl (C=O) groups is 1. The van der Waals surface area contributed by atoms with Gasteiger partial charge in [0.15, 0.2) is 4.34 Å². The summed E-state index contributed by atoms with van der Waals surface area (Å²) in [7, 11) is 0. The second-order valence-electron chi connectivity index (χ2n) is 4.15. The van der Waals surface area contributed by atoms with Gasteiger partial charge in [-0.25, -0.2) is 4.98 Å². The van der Waals surface area contributed by atoms with E-state index in [1.807, 2.05) is 0 Å². The summed E-state index contributed by atoms with van der Waals surface area (Å²) < 4.78 is 9.85. The molecule has 0 bridgehead atoms. The van der Waals surface area contributed by atoms with Crippen molar-refractivity contribution in [2.24, 2.45) is 5.73 Å².